The number of halogens is 3. The largest absolute Gasteiger partial charge is 0.418 e. The predicted octanol–water partition coefficient (Wildman–Crippen LogP) is 4.17. The van der Waals surface area contributed by atoms with E-state index in [0.717, 1.165) is 11.8 Å². The van der Waals surface area contributed by atoms with Crippen LogP contribution in [0.5, 0.6) is 0 Å². The molecule has 3 nitrogen and oxygen atoms in total. The van der Waals surface area contributed by atoms with Crippen molar-refractivity contribution in [1.82, 2.24) is 0 Å². The Hall–Kier alpha value is -2.50. The lowest BCUT2D eigenvalue weighted by molar-refractivity contribution is -0.137. The molecule has 0 unspecified atom stereocenters. The zero-order chi connectivity index (χ0) is 16.9. The van der Waals surface area contributed by atoms with Crippen LogP contribution in [0.4, 0.5) is 24.5 Å². The third kappa shape index (κ3) is 4.74. The quantitative estimate of drug-likeness (QED) is 0.896. The van der Waals surface area contributed by atoms with Crippen molar-refractivity contribution >= 4 is 17.3 Å². The fraction of sp³-hybridized carbons (Fsp3) is 0.235. The van der Waals surface area contributed by atoms with Crippen LogP contribution in [-0.4, -0.2) is 19.5 Å². The van der Waals surface area contributed by atoms with Gasteiger partial charge in [0.05, 0.1) is 11.3 Å². The fourth-order valence-electron chi connectivity index (χ4n) is 2.13. The van der Waals surface area contributed by atoms with Crippen LogP contribution >= 0.6 is 0 Å². The first-order valence-corrected chi connectivity index (χ1v) is 7.10. The first-order valence-electron chi connectivity index (χ1n) is 7.10. The molecule has 23 heavy (non-hydrogen) atoms. The van der Waals surface area contributed by atoms with Gasteiger partial charge in [-0.05, 0) is 24.3 Å². The molecule has 122 valence electrons. The Morgan fingerprint density at radius 2 is 1.65 bits per heavy atom. The predicted molar refractivity (Wildman–Crippen MR) is 84.4 cm³/mol. The van der Waals surface area contributed by atoms with Crippen LogP contribution in [-0.2, 0) is 11.0 Å². The van der Waals surface area contributed by atoms with Crippen LogP contribution < -0.4 is 10.2 Å². The molecule has 1 amide bonds. The maximum atomic E-state index is 12.9. The number of benzene rings is 2. The summed E-state index contributed by atoms with van der Waals surface area (Å²) in [6.45, 7) is 0.407. The van der Waals surface area contributed by atoms with E-state index in [1.807, 2.05) is 42.3 Å². The number of rotatable bonds is 5. The number of hydrogen-bond donors (Lipinski definition) is 1. The van der Waals surface area contributed by atoms with Crippen molar-refractivity contribution in [1.29, 1.82) is 0 Å². The van der Waals surface area contributed by atoms with E-state index in [4.69, 9.17) is 0 Å². The average molecular weight is 322 g/mol. The van der Waals surface area contributed by atoms with Crippen molar-refractivity contribution in [3.8, 4) is 0 Å². The minimum absolute atomic E-state index is 0.0948. The molecule has 0 saturated carbocycles. The molecule has 0 aliphatic carbocycles. The normalized spacial score (nSPS) is 11.1. The molecule has 1 N–H and O–H groups in total. The summed E-state index contributed by atoms with van der Waals surface area (Å²) in [6.07, 6.45) is -4.40. The van der Waals surface area contributed by atoms with Crippen LogP contribution in [0.25, 0.3) is 0 Å². The molecule has 0 radical (unpaired) electrons. The second kappa shape index (κ2) is 7.17. The van der Waals surface area contributed by atoms with Crippen LogP contribution in [0.2, 0.25) is 0 Å². The summed E-state index contributed by atoms with van der Waals surface area (Å²) in [5.41, 5.74) is -0.117. The van der Waals surface area contributed by atoms with E-state index < -0.39 is 17.6 Å². The van der Waals surface area contributed by atoms with Crippen LogP contribution in [0.15, 0.2) is 54.6 Å². The van der Waals surface area contributed by atoms with Gasteiger partial charge in [0.15, 0.2) is 0 Å². The van der Waals surface area contributed by atoms with Crippen molar-refractivity contribution in [2.24, 2.45) is 0 Å². The highest BCUT2D eigenvalue weighted by Crippen LogP contribution is 2.34. The zero-order valence-electron chi connectivity index (χ0n) is 12.6. The number of hydrogen-bond acceptors (Lipinski definition) is 2. The summed E-state index contributed by atoms with van der Waals surface area (Å²) in [5, 5.41) is 2.34. The molecule has 0 fully saturated rings. The van der Waals surface area contributed by atoms with Gasteiger partial charge in [-0.2, -0.15) is 13.2 Å². The second-order valence-corrected chi connectivity index (χ2v) is 5.10. The van der Waals surface area contributed by atoms with Gasteiger partial charge in [0.2, 0.25) is 5.91 Å². The second-order valence-electron chi connectivity index (χ2n) is 5.10. The van der Waals surface area contributed by atoms with Crippen molar-refractivity contribution in [2.45, 2.75) is 12.6 Å². The Morgan fingerprint density at radius 1 is 1.04 bits per heavy atom. The summed E-state index contributed by atoms with van der Waals surface area (Å²) >= 11 is 0. The van der Waals surface area contributed by atoms with Gasteiger partial charge in [0.25, 0.3) is 0 Å². The summed E-state index contributed by atoms with van der Waals surface area (Å²) in [6, 6.07) is 14.4. The first-order chi connectivity index (χ1) is 10.9. The van der Waals surface area contributed by atoms with Crippen LogP contribution in [0.1, 0.15) is 12.0 Å². The van der Waals surface area contributed by atoms with Gasteiger partial charge in [-0.3, -0.25) is 4.79 Å². The molecule has 0 bridgehead atoms. The fourth-order valence-corrected chi connectivity index (χ4v) is 2.13. The Kier molecular flexibility index (Phi) is 5.26. The Balaban J connectivity index is 1.96. The van der Waals surface area contributed by atoms with Gasteiger partial charge >= 0.3 is 6.18 Å². The summed E-state index contributed by atoms with van der Waals surface area (Å²) in [7, 11) is 1.83. The number of anilines is 2. The molecule has 0 aromatic heterocycles. The van der Waals surface area contributed by atoms with Crippen LogP contribution in [0.3, 0.4) is 0 Å². The molecule has 0 atom stereocenters. The van der Waals surface area contributed by atoms with E-state index in [0.29, 0.717) is 6.54 Å². The average Bonchev–Trinajstić information content (AvgIpc) is 2.53. The van der Waals surface area contributed by atoms with Gasteiger partial charge in [-0.1, -0.05) is 30.3 Å². The lowest BCUT2D eigenvalue weighted by Gasteiger charge is -2.19. The van der Waals surface area contributed by atoms with Gasteiger partial charge < -0.3 is 10.2 Å². The molecule has 0 saturated heterocycles. The van der Waals surface area contributed by atoms with Gasteiger partial charge in [0, 0.05) is 25.7 Å². The van der Waals surface area contributed by atoms with Crippen molar-refractivity contribution in [2.75, 3.05) is 23.8 Å². The SMILES string of the molecule is CN(CCC(=O)Nc1ccccc1C(F)(F)F)c1ccccc1. The summed E-state index contributed by atoms with van der Waals surface area (Å²) < 4.78 is 38.6. The molecule has 0 aliphatic heterocycles. The zero-order valence-corrected chi connectivity index (χ0v) is 12.6. The van der Waals surface area contributed by atoms with E-state index >= 15 is 0 Å². The molecular weight excluding hydrogens is 305 g/mol. The number of alkyl halides is 3. The molecule has 0 spiro atoms. The van der Waals surface area contributed by atoms with Crippen molar-refractivity contribution in [3.05, 3.63) is 60.2 Å². The summed E-state index contributed by atoms with van der Waals surface area (Å²) in [5.74, 6) is -0.454. The third-order valence-corrected chi connectivity index (χ3v) is 3.38. The van der Waals surface area contributed by atoms with Crippen LogP contribution in [0, 0.1) is 0 Å². The van der Waals surface area contributed by atoms with E-state index in [1.54, 1.807) is 0 Å². The molecule has 0 heterocycles. The Labute approximate surface area is 132 Å². The smallest absolute Gasteiger partial charge is 0.374 e. The topological polar surface area (TPSA) is 32.3 Å². The Bertz CT molecular complexity index is 656. The number of amides is 1. The number of carbonyl (C=O) groups excluding carboxylic acids is 1. The molecule has 2 aromatic rings. The molecule has 6 heteroatoms. The van der Waals surface area contributed by atoms with E-state index in [-0.39, 0.29) is 12.1 Å². The van der Waals surface area contributed by atoms with Gasteiger partial charge in [-0.15, -0.1) is 0 Å². The van der Waals surface area contributed by atoms with Crippen molar-refractivity contribution < 1.29 is 18.0 Å². The minimum Gasteiger partial charge on any atom is -0.374 e. The van der Waals surface area contributed by atoms with Gasteiger partial charge in [-0.25, -0.2) is 0 Å². The van der Waals surface area contributed by atoms with E-state index in [9.17, 15) is 18.0 Å². The first kappa shape index (κ1) is 16.9. The highest BCUT2D eigenvalue weighted by molar-refractivity contribution is 5.91. The molecule has 0 aliphatic rings. The van der Waals surface area contributed by atoms with Gasteiger partial charge in [0.1, 0.15) is 0 Å². The number of carbonyl (C=O) groups is 1. The number of nitrogens with one attached hydrogen (secondary N) is 1. The minimum atomic E-state index is -4.50. The molecular formula is C17H17F3N2O. The lowest BCUT2D eigenvalue weighted by Crippen LogP contribution is -2.24. The molecule has 2 rings (SSSR count). The summed E-state index contributed by atoms with van der Waals surface area (Å²) in [4.78, 5) is 13.8. The maximum Gasteiger partial charge on any atom is 0.418 e. The highest BCUT2D eigenvalue weighted by atomic mass is 19.4. The third-order valence-electron chi connectivity index (χ3n) is 3.38. The lowest BCUT2D eigenvalue weighted by atomic mass is 10.1. The highest BCUT2D eigenvalue weighted by Gasteiger charge is 2.33. The monoisotopic (exact) mass is 322 g/mol. The van der Waals surface area contributed by atoms with E-state index in [2.05, 4.69) is 5.32 Å². The number of nitrogens with zero attached hydrogens (tertiary/aromatic N) is 1. The van der Waals surface area contributed by atoms with E-state index in [1.165, 1.54) is 18.2 Å². The van der Waals surface area contributed by atoms with Crippen molar-refractivity contribution in [3.63, 3.8) is 0 Å². The Morgan fingerprint density at radius 3 is 2.30 bits per heavy atom. The maximum absolute atomic E-state index is 12.9. The molecule has 2 aromatic carbocycles. The number of para-hydroxylation sites is 2. The standard InChI is InChI=1S/C17H17F3N2O/c1-22(13-7-3-2-4-8-13)12-11-16(23)21-15-10-6-5-9-14(15)17(18,19)20/h2-10H,11-12H2,1H3,(H,21,23).